The lowest BCUT2D eigenvalue weighted by molar-refractivity contribution is -0.144. The van der Waals surface area contributed by atoms with E-state index in [2.05, 4.69) is 19.2 Å². The van der Waals surface area contributed by atoms with Crippen LogP contribution in [0.5, 0.6) is 0 Å². The average molecular weight is 290 g/mol. The standard InChI is InChI=1S/C14H21F3N2O/c1-11(2)10-18-8-3-4-9-19-12(14(15,16)17)6-5-7-13(19)20/h5-7,11,18H,3-4,8-10H2,1-2H3. The van der Waals surface area contributed by atoms with E-state index >= 15 is 0 Å². The Kier molecular flexibility index (Phi) is 6.26. The first-order chi connectivity index (χ1) is 9.32. The summed E-state index contributed by atoms with van der Waals surface area (Å²) in [5.74, 6) is 0.545. The van der Waals surface area contributed by atoms with E-state index in [9.17, 15) is 18.0 Å². The first-order valence-corrected chi connectivity index (χ1v) is 6.80. The Hall–Kier alpha value is -1.30. The maximum absolute atomic E-state index is 12.8. The Bertz CT molecular complexity index is 466. The monoisotopic (exact) mass is 290 g/mol. The largest absolute Gasteiger partial charge is 0.431 e. The molecule has 0 unspecified atom stereocenters. The van der Waals surface area contributed by atoms with E-state index in [4.69, 9.17) is 0 Å². The molecular weight excluding hydrogens is 269 g/mol. The van der Waals surface area contributed by atoms with Crippen LogP contribution >= 0.6 is 0 Å². The van der Waals surface area contributed by atoms with E-state index in [-0.39, 0.29) is 6.54 Å². The fraction of sp³-hybridized carbons (Fsp3) is 0.643. The number of rotatable bonds is 7. The lowest BCUT2D eigenvalue weighted by Crippen LogP contribution is -2.27. The molecule has 20 heavy (non-hydrogen) atoms. The van der Waals surface area contributed by atoms with Crippen molar-refractivity contribution in [2.75, 3.05) is 13.1 Å². The van der Waals surface area contributed by atoms with Gasteiger partial charge in [0.05, 0.1) is 0 Å². The van der Waals surface area contributed by atoms with Gasteiger partial charge in [0.1, 0.15) is 5.69 Å². The number of nitrogens with one attached hydrogen (secondary N) is 1. The third-order valence-corrected chi connectivity index (χ3v) is 2.88. The van der Waals surface area contributed by atoms with Gasteiger partial charge in [-0.2, -0.15) is 13.2 Å². The molecule has 0 bridgehead atoms. The highest BCUT2D eigenvalue weighted by atomic mass is 19.4. The van der Waals surface area contributed by atoms with Crippen molar-refractivity contribution >= 4 is 0 Å². The van der Waals surface area contributed by atoms with Crippen LogP contribution in [0, 0.1) is 5.92 Å². The molecule has 0 spiro atoms. The van der Waals surface area contributed by atoms with Gasteiger partial charge in [-0.25, -0.2) is 0 Å². The normalized spacial score (nSPS) is 12.1. The van der Waals surface area contributed by atoms with Gasteiger partial charge >= 0.3 is 6.18 Å². The Morgan fingerprint density at radius 3 is 2.55 bits per heavy atom. The predicted molar refractivity (Wildman–Crippen MR) is 72.6 cm³/mol. The van der Waals surface area contributed by atoms with Crippen LogP contribution in [0.3, 0.4) is 0 Å². The molecule has 0 aromatic carbocycles. The first-order valence-electron chi connectivity index (χ1n) is 6.80. The van der Waals surface area contributed by atoms with E-state index in [1.165, 1.54) is 0 Å². The van der Waals surface area contributed by atoms with Crippen LogP contribution in [0.2, 0.25) is 0 Å². The van der Waals surface area contributed by atoms with E-state index < -0.39 is 17.4 Å². The van der Waals surface area contributed by atoms with Crippen LogP contribution < -0.4 is 10.9 Å². The SMILES string of the molecule is CC(C)CNCCCCn1c(C(F)(F)F)cccc1=O. The van der Waals surface area contributed by atoms with Crippen molar-refractivity contribution < 1.29 is 13.2 Å². The average Bonchev–Trinajstić information content (AvgIpc) is 2.33. The molecule has 0 aliphatic heterocycles. The maximum atomic E-state index is 12.8. The molecule has 1 rings (SSSR count). The molecule has 114 valence electrons. The third-order valence-electron chi connectivity index (χ3n) is 2.88. The summed E-state index contributed by atoms with van der Waals surface area (Å²) in [6.07, 6.45) is -3.21. The van der Waals surface area contributed by atoms with Crippen molar-refractivity contribution in [2.24, 2.45) is 5.92 Å². The van der Waals surface area contributed by atoms with E-state index in [0.717, 1.165) is 42.3 Å². The van der Waals surface area contributed by atoms with Gasteiger partial charge in [-0.3, -0.25) is 4.79 Å². The molecule has 0 aliphatic carbocycles. The Morgan fingerprint density at radius 2 is 1.95 bits per heavy atom. The highest BCUT2D eigenvalue weighted by molar-refractivity contribution is 5.10. The molecule has 0 amide bonds. The van der Waals surface area contributed by atoms with Crippen LogP contribution in [0.1, 0.15) is 32.4 Å². The summed E-state index contributed by atoms with van der Waals surface area (Å²) in [6, 6.07) is 3.25. The Labute approximate surface area is 116 Å². The van der Waals surface area contributed by atoms with Gasteiger partial charge in [-0.05, 0) is 37.9 Å². The van der Waals surface area contributed by atoms with Gasteiger partial charge < -0.3 is 9.88 Å². The molecule has 1 aromatic heterocycles. The number of alkyl halides is 3. The molecule has 1 N–H and O–H groups in total. The Morgan fingerprint density at radius 1 is 1.25 bits per heavy atom. The highest BCUT2D eigenvalue weighted by Crippen LogP contribution is 2.28. The predicted octanol–water partition coefficient (Wildman–Crippen LogP) is 2.89. The second-order valence-electron chi connectivity index (χ2n) is 5.20. The fourth-order valence-electron chi connectivity index (χ4n) is 1.91. The second kappa shape index (κ2) is 7.47. The van der Waals surface area contributed by atoms with Crippen LogP contribution in [-0.2, 0) is 12.7 Å². The number of aromatic nitrogens is 1. The van der Waals surface area contributed by atoms with Crippen molar-refractivity contribution in [3.63, 3.8) is 0 Å². The van der Waals surface area contributed by atoms with E-state index in [0.29, 0.717) is 12.3 Å². The van der Waals surface area contributed by atoms with E-state index in [1.54, 1.807) is 0 Å². The van der Waals surface area contributed by atoms with Gasteiger partial charge in [0.25, 0.3) is 5.56 Å². The van der Waals surface area contributed by atoms with Crippen molar-refractivity contribution in [3.8, 4) is 0 Å². The molecule has 1 aromatic rings. The van der Waals surface area contributed by atoms with Gasteiger partial charge in [0.2, 0.25) is 0 Å². The summed E-state index contributed by atoms with van der Waals surface area (Å²) >= 11 is 0. The van der Waals surface area contributed by atoms with Crippen molar-refractivity contribution in [1.29, 1.82) is 0 Å². The smallest absolute Gasteiger partial charge is 0.316 e. The summed E-state index contributed by atoms with van der Waals surface area (Å²) in [6.45, 7) is 5.91. The molecule has 0 atom stereocenters. The molecule has 0 fully saturated rings. The number of halogens is 3. The fourth-order valence-corrected chi connectivity index (χ4v) is 1.91. The van der Waals surface area contributed by atoms with Gasteiger partial charge in [0.15, 0.2) is 0 Å². The van der Waals surface area contributed by atoms with Gasteiger partial charge in [-0.15, -0.1) is 0 Å². The number of pyridine rings is 1. The summed E-state index contributed by atoms with van der Waals surface area (Å²) < 4.78 is 39.1. The van der Waals surface area contributed by atoms with Crippen LogP contribution in [0.15, 0.2) is 23.0 Å². The summed E-state index contributed by atoms with van der Waals surface area (Å²) in [4.78, 5) is 11.5. The zero-order valence-electron chi connectivity index (χ0n) is 11.8. The molecular formula is C14H21F3N2O. The minimum Gasteiger partial charge on any atom is -0.316 e. The van der Waals surface area contributed by atoms with E-state index in [1.807, 2.05) is 0 Å². The lowest BCUT2D eigenvalue weighted by atomic mass is 10.2. The van der Waals surface area contributed by atoms with Crippen molar-refractivity contribution in [2.45, 2.75) is 39.4 Å². The Balaban J connectivity index is 2.54. The highest BCUT2D eigenvalue weighted by Gasteiger charge is 2.33. The molecule has 3 nitrogen and oxygen atoms in total. The molecule has 0 saturated carbocycles. The molecule has 0 aliphatic rings. The van der Waals surface area contributed by atoms with Gasteiger partial charge in [-0.1, -0.05) is 19.9 Å². The molecule has 0 saturated heterocycles. The summed E-state index contributed by atoms with van der Waals surface area (Å²) in [7, 11) is 0. The number of hydrogen-bond acceptors (Lipinski definition) is 2. The summed E-state index contributed by atoms with van der Waals surface area (Å²) in [5.41, 5.74) is -1.48. The van der Waals surface area contributed by atoms with Gasteiger partial charge in [0, 0.05) is 12.6 Å². The maximum Gasteiger partial charge on any atom is 0.431 e. The molecule has 6 heteroatoms. The minimum absolute atomic E-state index is 0.0951. The van der Waals surface area contributed by atoms with Crippen molar-refractivity contribution in [1.82, 2.24) is 9.88 Å². The molecule has 0 radical (unpaired) electrons. The lowest BCUT2D eigenvalue weighted by Gasteiger charge is -2.15. The minimum atomic E-state index is -4.49. The van der Waals surface area contributed by atoms with Crippen LogP contribution in [-0.4, -0.2) is 17.7 Å². The number of unbranched alkanes of at least 4 members (excludes halogenated alkanes) is 1. The summed E-state index contributed by atoms with van der Waals surface area (Å²) in [5, 5.41) is 3.22. The zero-order chi connectivity index (χ0) is 15.2. The molecule has 1 heterocycles. The number of nitrogens with zero attached hydrogens (tertiary/aromatic N) is 1. The van der Waals surface area contributed by atoms with Crippen LogP contribution in [0.4, 0.5) is 13.2 Å². The second-order valence-corrected chi connectivity index (χ2v) is 5.20. The zero-order valence-corrected chi connectivity index (χ0v) is 11.8. The van der Waals surface area contributed by atoms with Crippen LogP contribution in [0.25, 0.3) is 0 Å². The third kappa shape index (κ3) is 5.36. The first kappa shape index (κ1) is 16.8. The quantitative estimate of drug-likeness (QED) is 0.783. The topological polar surface area (TPSA) is 34.0 Å². The number of hydrogen-bond donors (Lipinski definition) is 1. The van der Waals surface area contributed by atoms with Crippen molar-refractivity contribution in [3.05, 3.63) is 34.2 Å².